The van der Waals surface area contributed by atoms with Gasteiger partial charge in [-0.1, -0.05) is 48.0 Å². The monoisotopic (exact) mass is 261 g/mol. The summed E-state index contributed by atoms with van der Waals surface area (Å²) in [5.74, 6) is 0. The lowest BCUT2D eigenvalue weighted by Crippen LogP contribution is -2.24. The Kier molecular flexibility index (Phi) is 4.24. The maximum atomic E-state index is 10.2. The van der Waals surface area contributed by atoms with E-state index in [9.17, 15) is 5.11 Å². The van der Waals surface area contributed by atoms with Crippen molar-refractivity contribution in [2.24, 2.45) is 0 Å². The number of aliphatic hydroxyl groups excluding tert-OH is 1. The highest BCUT2D eigenvalue weighted by Gasteiger charge is 2.13. The fourth-order valence-corrected chi connectivity index (χ4v) is 2.15. The van der Waals surface area contributed by atoms with E-state index in [1.165, 1.54) is 0 Å². The number of nitrogens with zero attached hydrogens (tertiary/aromatic N) is 1. The predicted molar refractivity (Wildman–Crippen MR) is 76.1 cm³/mol. The van der Waals surface area contributed by atoms with Gasteiger partial charge in [-0.15, -0.1) is 0 Å². The van der Waals surface area contributed by atoms with E-state index >= 15 is 0 Å². The molecule has 0 radical (unpaired) electrons. The molecule has 0 aromatic heterocycles. The van der Waals surface area contributed by atoms with Gasteiger partial charge in [-0.3, -0.25) is 0 Å². The van der Waals surface area contributed by atoms with Crippen LogP contribution in [0.15, 0.2) is 54.6 Å². The molecule has 1 atom stereocenters. The van der Waals surface area contributed by atoms with E-state index in [2.05, 4.69) is 0 Å². The molecule has 2 nitrogen and oxygen atoms in total. The first kappa shape index (κ1) is 12.9. The number of rotatable bonds is 4. The first-order valence-corrected chi connectivity index (χ1v) is 6.25. The number of aliphatic hydroxyl groups is 1. The third-order valence-electron chi connectivity index (χ3n) is 2.91. The van der Waals surface area contributed by atoms with Crippen molar-refractivity contribution >= 4 is 17.3 Å². The van der Waals surface area contributed by atoms with Crippen molar-refractivity contribution in [2.45, 2.75) is 6.10 Å². The number of benzene rings is 2. The second kappa shape index (κ2) is 5.89. The van der Waals surface area contributed by atoms with Gasteiger partial charge in [-0.2, -0.15) is 0 Å². The molecule has 0 aliphatic carbocycles. The molecule has 0 spiro atoms. The minimum Gasteiger partial charge on any atom is -0.387 e. The number of halogens is 1. The van der Waals surface area contributed by atoms with Crippen LogP contribution in [-0.2, 0) is 0 Å². The van der Waals surface area contributed by atoms with Gasteiger partial charge in [-0.05, 0) is 18.2 Å². The number of hydrogen-bond donors (Lipinski definition) is 1. The van der Waals surface area contributed by atoms with E-state index in [0.29, 0.717) is 11.6 Å². The van der Waals surface area contributed by atoms with Gasteiger partial charge in [0.25, 0.3) is 0 Å². The summed E-state index contributed by atoms with van der Waals surface area (Å²) in [6, 6.07) is 17.3. The van der Waals surface area contributed by atoms with Gasteiger partial charge in [0.05, 0.1) is 6.10 Å². The van der Waals surface area contributed by atoms with E-state index in [1.807, 2.05) is 60.5 Å². The van der Waals surface area contributed by atoms with Crippen molar-refractivity contribution in [2.75, 3.05) is 18.5 Å². The maximum absolute atomic E-state index is 10.2. The third kappa shape index (κ3) is 3.03. The van der Waals surface area contributed by atoms with Crippen molar-refractivity contribution in [3.8, 4) is 0 Å². The number of anilines is 1. The van der Waals surface area contributed by atoms with E-state index in [-0.39, 0.29) is 0 Å². The second-order valence-electron chi connectivity index (χ2n) is 4.25. The Balaban J connectivity index is 2.08. The van der Waals surface area contributed by atoms with Crippen LogP contribution < -0.4 is 4.90 Å². The molecule has 3 heteroatoms. The average Bonchev–Trinajstić information content (AvgIpc) is 2.40. The molecule has 1 unspecified atom stereocenters. The summed E-state index contributed by atoms with van der Waals surface area (Å²) in [5, 5.41) is 10.8. The molecule has 0 aliphatic heterocycles. The molecular formula is C15H16ClNO. The summed E-state index contributed by atoms with van der Waals surface area (Å²) in [7, 11) is 1.95. The molecule has 0 fully saturated rings. The highest BCUT2D eigenvalue weighted by atomic mass is 35.5. The van der Waals surface area contributed by atoms with Crippen molar-refractivity contribution in [3.63, 3.8) is 0 Å². The van der Waals surface area contributed by atoms with E-state index in [4.69, 9.17) is 11.6 Å². The number of likely N-dealkylation sites (N-methyl/N-ethyl adjacent to an activating group) is 1. The van der Waals surface area contributed by atoms with Gasteiger partial charge in [0, 0.05) is 29.9 Å². The molecule has 2 aromatic rings. The fourth-order valence-electron chi connectivity index (χ4n) is 1.89. The fraction of sp³-hybridized carbons (Fsp3) is 0.200. The number of para-hydroxylation sites is 1. The first-order valence-electron chi connectivity index (χ1n) is 5.87. The summed E-state index contributed by atoms with van der Waals surface area (Å²) in [4.78, 5) is 2.01. The van der Waals surface area contributed by atoms with Crippen LogP contribution in [0.25, 0.3) is 0 Å². The van der Waals surface area contributed by atoms with E-state index in [0.717, 1.165) is 11.3 Å². The second-order valence-corrected chi connectivity index (χ2v) is 4.66. The van der Waals surface area contributed by atoms with Crippen LogP contribution in [0.5, 0.6) is 0 Å². The minimum absolute atomic E-state index is 0.508. The lowest BCUT2D eigenvalue weighted by Gasteiger charge is -2.23. The molecule has 0 saturated heterocycles. The topological polar surface area (TPSA) is 23.5 Å². The summed E-state index contributed by atoms with van der Waals surface area (Å²) < 4.78 is 0. The van der Waals surface area contributed by atoms with Crippen LogP contribution in [0.3, 0.4) is 0 Å². The van der Waals surface area contributed by atoms with Crippen molar-refractivity contribution in [1.29, 1.82) is 0 Å². The minimum atomic E-state index is -0.594. The molecule has 1 N–H and O–H groups in total. The lowest BCUT2D eigenvalue weighted by atomic mass is 10.1. The molecule has 0 bridgehead atoms. The van der Waals surface area contributed by atoms with E-state index < -0.39 is 6.10 Å². The zero-order chi connectivity index (χ0) is 13.0. The molecule has 2 aromatic carbocycles. The highest BCUT2D eigenvalue weighted by Crippen LogP contribution is 2.24. The molecule has 0 heterocycles. The molecule has 0 amide bonds. The Morgan fingerprint density at radius 2 is 1.67 bits per heavy atom. The molecule has 0 aliphatic rings. The van der Waals surface area contributed by atoms with Gasteiger partial charge < -0.3 is 10.0 Å². The van der Waals surface area contributed by atoms with Crippen LogP contribution in [0.4, 0.5) is 5.69 Å². The quantitative estimate of drug-likeness (QED) is 0.910. The molecule has 18 heavy (non-hydrogen) atoms. The lowest BCUT2D eigenvalue weighted by molar-refractivity contribution is 0.185. The Morgan fingerprint density at radius 3 is 2.33 bits per heavy atom. The Hall–Kier alpha value is -1.51. The van der Waals surface area contributed by atoms with Gasteiger partial charge >= 0.3 is 0 Å². The van der Waals surface area contributed by atoms with Crippen molar-refractivity contribution in [1.82, 2.24) is 0 Å². The van der Waals surface area contributed by atoms with E-state index in [1.54, 1.807) is 6.07 Å². The standard InChI is InChI=1S/C15H16ClNO/c1-17(12-7-3-2-4-8-12)11-15(18)13-9-5-6-10-14(13)16/h2-10,15,18H,11H2,1H3. The van der Waals surface area contributed by atoms with Gasteiger partial charge in [0.2, 0.25) is 0 Å². The summed E-state index contributed by atoms with van der Waals surface area (Å²) in [6.45, 7) is 0.508. The predicted octanol–water partition coefficient (Wildman–Crippen LogP) is 3.51. The van der Waals surface area contributed by atoms with Crippen LogP contribution in [0, 0.1) is 0 Å². The Bertz CT molecular complexity index is 501. The molecule has 0 saturated carbocycles. The van der Waals surface area contributed by atoms with Gasteiger partial charge in [-0.25, -0.2) is 0 Å². The number of hydrogen-bond acceptors (Lipinski definition) is 2. The van der Waals surface area contributed by atoms with Crippen molar-refractivity contribution in [3.05, 3.63) is 65.2 Å². The van der Waals surface area contributed by atoms with Crippen LogP contribution >= 0.6 is 11.6 Å². The normalized spacial score (nSPS) is 12.2. The largest absolute Gasteiger partial charge is 0.387 e. The van der Waals surface area contributed by atoms with Crippen LogP contribution in [0.2, 0.25) is 5.02 Å². The first-order chi connectivity index (χ1) is 8.68. The summed E-state index contributed by atoms with van der Waals surface area (Å²) in [6.07, 6.45) is -0.594. The SMILES string of the molecule is CN(CC(O)c1ccccc1Cl)c1ccccc1. The molecular weight excluding hydrogens is 246 g/mol. The molecule has 2 rings (SSSR count). The summed E-state index contributed by atoms with van der Waals surface area (Å²) in [5.41, 5.74) is 1.84. The van der Waals surface area contributed by atoms with Crippen LogP contribution in [-0.4, -0.2) is 18.7 Å². The third-order valence-corrected chi connectivity index (χ3v) is 3.25. The average molecular weight is 262 g/mol. The molecule has 94 valence electrons. The smallest absolute Gasteiger partial charge is 0.0979 e. The summed E-state index contributed by atoms with van der Waals surface area (Å²) >= 11 is 6.07. The van der Waals surface area contributed by atoms with Crippen LogP contribution in [0.1, 0.15) is 11.7 Å². The Labute approximate surface area is 112 Å². The highest BCUT2D eigenvalue weighted by molar-refractivity contribution is 6.31. The zero-order valence-electron chi connectivity index (χ0n) is 10.3. The van der Waals surface area contributed by atoms with Gasteiger partial charge in [0.15, 0.2) is 0 Å². The Morgan fingerprint density at radius 1 is 1.06 bits per heavy atom. The maximum Gasteiger partial charge on any atom is 0.0979 e. The zero-order valence-corrected chi connectivity index (χ0v) is 11.0. The van der Waals surface area contributed by atoms with Crippen molar-refractivity contribution < 1.29 is 5.11 Å². The van der Waals surface area contributed by atoms with Gasteiger partial charge in [0.1, 0.15) is 0 Å².